The Kier molecular flexibility index (Phi) is 8.56. The van der Waals surface area contributed by atoms with Gasteiger partial charge in [0.1, 0.15) is 11.8 Å². The Morgan fingerprint density at radius 1 is 0.933 bits per heavy atom. The highest BCUT2D eigenvalue weighted by Crippen LogP contribution is 2.12. The van der Waals surface area contributed by atoms with E-state index in [2.05, 4.69) is 5.32 Å². The quantitative estimate of drug-likeness (QED) is 0.467. The van der Waals surface area contributed by atoms with Crippen molar-refractivity contribution < 1.29 is 33.4 Å². The zero-order valence-corrected chi connectivity index (χ0v) is 16.8. The topological polar surface area (TPSA) is 108 Å². The van der Waals surface area contributed by atoms with Gasteiger partial charge >= 0.3 is 11.9 Å². The highest BCUT2D eigenvalue weighted by molar-refractivity contribution is 5.94. The molecule has 0 aliphatic carbocycles. The lowest BCUT2D eigenvalue weighted by molar-refractivity contribution is -0.151. The number of Topliss-reactive ketones (excluding diaryl/α,β-unsaturated/α-hetero) is 1. The van der Waals surface area contributed by atoms with Crippen LogP contribution in [0.5, 0.6) is 5.75 Å². The summed E-state index contributed by atoms with van der Waals surface area (Å²) >= 11 is 0. The summed E-state index contributed by atoms with van der Waals surface area (Å²) in [6.07, 6.45) is 0.243. The van der Waals surface area contributed by atoms with Gasteiger partial charge in [0.15, 0.2) is 19.0 Å². The lowest BCUT2D eigenvalue weighted by atomic mass is 10.1. The van der Waals surface area contributed by atoms with E-state index in [1.807, 2.05) is 30.3 Å². The monoisotopic (exact) mass is 413 g/mol. The van der Waals surface area contributed by atoms with Crippen molar-refractivity contribution in [1.29, 1.82) is 0 Å². The summed E-state index contributed by atoms with van der Waals surface area (Å²) in [4.78, 5) is 47.0. The van der Waals surface area contributed by atoms with Crippen molar-refractivity contribution in [3.8, 4) is 5.75 Å². The van der Waals surface area contributed by atoms with Gasteiger partial charge in [-0.2, -0.15) is 0 Å². The maximum absolute atomic E-state index is 12.1. The first-order valence-electron chi connectivity index (χ1n) is 9.19. The van der Waals surface area contributed by atoms with Crippen LogP contribution in [0, 0.1) is 0 Å². The summed E-state index contributed by atoms with van der Waals surface area (Å²) in [5.74, 6) is -1.69. The molecule has 30 heavy (non-hydrogen) atoms. The third-order valence-corrected chi connectivity index (χ3v) is 4.09. The van der Waals surface area contributed by atoms with E-state index in [1.54, 1.807) is 24.3 Å². The predicted molar refractivity (Wildman–Crippen MR) is 107 cm³/mol. The SMILES string of the molecule is COC(=O)C(Cc1ccccc1)NC(=O)COC(=O)COc1ccc(C(C)=O)cc1. The van der Waals surface area contributed by atoms with E-state index in [9.17, 15) is 19.2 Å². The molecule has 0 spiro atoms. The zero-order chi connectivity index (χ0) is 21.9. The molecule has 1 unspecified atom stereocenters. The van der Waals surface area contributed by atoms with Crippen LogP contribution in [0.4, 0.5) is 0 Å². The van der Waals surface area contributed by atoms with Crippen molar-refractivity contribution in [2.75, 3.05) is 20.3 Å². The molecule has 2 aromatic carbocycles. The maximum Gasteiger partial charge on any atom is 0.344 e. The molecule has 0 saturated carbocycles. The first-order chi connectivity index (χ1) is 14.4. The molecule has 0 fully saturated rings. The van der Waals surface area contributed by atoms with Crippen LogP contribution in [0.2, 0.25) is 0 Å². The minimum absolute atomic E-state index is 0.0792. The maximum atomic E-state index is 12.1. The van der Waals surface area contributed by atoms with Crippen LogP contribution in [-0.4, -0.2) is 50.0 Å². The first kappa shape index (κ1) is 22.6. The zero-order valence-electron chi connectivity index (χ0n) is 16.8. The molecule has 0 aliphatic heterocycles. The summed E-state index contributed by atoms with van der Waals surface area (Å²) in [7, 11) is 1.23. The molecule has 0 saturated heterocycles. The third-order valence-electron chi connectivity index (χ3n) is 4.09. The molecule has 8 heteroatoms. The fourth-order valence-electron chi connectivity index (χ4n) is 2.54. The number of hydrogen-bond acceptors (Lipinski definition) is 7. The molecule has 0 radical (unpaired) electrons. The first-order valence-corrected chi connectivity index (χ1v) is 9.19. The van der Waals surface area contributed by atoms with E-state index in [-0.39, 0.29) is 12.2 Å². The van der Waals surface area contributed by atoms with E-state index in [4.69, 9.17) is 14.2 Å². The van der Waals surface area contributed by atoms with Crippen molar-refractivity contribution >= 4 is 23.6 Å². The van der Waals surface area contributed by atoms with Crippen LogP contribution in [0.3, 0.4) is 0 Å². The Balaban J connectivity index is 1.79. The van der Waals surface area contributed by atoms with Gasteiger partial charge in [0.05, 0.1) is 7.11 Å². The number of ketones is 1. The predicted octanol–water partition coefficient (Wildman–Crippen LogP) is 1.71. The minimum atomic E-state index is -0.903. The lowest BCUT2D eigenvalue weighted by Gasteiger charge is -2.16. The Morgan fingerprint density at radius 3 is 2.20 bits per heavy atom. The van der Waals surface area contributed by atoms with Crippen molar-refractivity contribution in [1.82, 2.24) is 5.32 Å². The number of methoxy groups -OCH3 is 1. The van der Waals surface area contributed by atoms with E-state index in [0.717, 1.165) is 5.56 Å². The molecule has 2 rings (SSSR count). The van der Waals surface area contributed by atoms with Gasteiger partial charge in [0.25, 0.3) is 5.91 Å². The van der Waals surface area contributed by atoms with Crippen LogP contribution in [0.1, 0.15) is 22.8 Å². The van der Waals surface area contributed by atoms with E-state index < -0.39 is 37.1 Å². The van der Waals surface area contributed by atoms with Crippen LogP contribution >= 0.6 is 0 Å². The van der Waals surface area contributed by atoms with E-state index >= 15 is 0 Å². The number of ether oxygens (including phenoxy) is 3. The second-order valence-corrected chi connectivity index (χ2v) is 6.36. The fraction of sp³-hybridized carbons (Fsp3) is 0.273. The Hall–Kier alpha value is -3.68. The number of rotatable bonds is 10. The molecule has 8 nitrogen and oxygen atoms in total. The summed E-state index contributed by atoms with van der Waals surface area (Å²) < 4.78 is 14.8. The number of esters is 2. The highest BCUT2D eigenvalue weighted by atomic mass is 16.6. The minimum Gasteiger partial charge on any atom is -0.482 e. The summed E-state index contributed by atoms with van der Waals surface area (Å²) in [5.41, 5.74) is 1.37. The number of nitrogens with one attached hydrogen (secondary N) is 1. The smallest absolute Gasteiger partial charge is 0.344 e. The standard InChI is InChI=1S/C22H23NO7/c1-15(24)17-8-10-18(11-9-17)29-14-21(26)30-13-20(25)23-19(22(27)28-2)12-16-6-4-3-5-7-16/h3-11,19H,12-14H2,1-2H3,(H,23,25). The van der Waals surface area contributed by atoms with E-state index in [0.29, 0.717) is 11.3 Å². The van der Waals surface area contributed by atoms with Crippen molar-refractivity contribution in [2.24, 2.45) is 0 Å². The normalized spacial score (nSPS) is 11.1. The number of benzene rings is 2. The number of carbonyl (C=O) groups excluding carboxylic acids is 4. The molecule has 0 aromatic heterocycles. The average Bonchev–Trinajstić information content (AvgIpc) is 2.76. The molecular formula is C22H23NO7. The Labute approximate surface area is 174 Å². The second-order valence-electron chi connectivity index (χ2n) is 6.36. The molecule has 158 valence electrons. The number of amides is 1. The van der Waals surface area contributed by atoms with Crippen molar-refractivity contribution in [3.05, 3.63) is 65.7 Å². The molecule has 0 aliphatic rings. The van der Waals surface area contributed by atoms with Crippen LogP contribution in [0.25, 0.3) is 0 Å². The van der Waals surface area contributed by atoms with Gasteiger partial charge in [0, 0.05) is 12.0 Å². The Morgan fingerprint density at radius 2 is 1.60 bits per heavy atom. The summed E-state index contributed by atoms with van der Waals surface area (Å²) in [5, 5.41) is 2.50. The van der Waals surface area contributed by atoms with Crippen LogP contribution < -0.4 is 10.1 Å². The number of hydrogen-bond donors (Lipinski definition) is 1. The van der Waals surface area contributed by atoms with Gasteiger partial charge in [-0.3, -0.25) is 9.59 Å². The fourth-order valence-corrected chi connectivity index (χ4v) is 2.54. The largest absolute Gasteiger partial charge is 0.482 e. The summed E-state index contributed by atoms with van der Waals surface area (Å²) in [6.45, 7) is 0.480. The van der Waals surface area contributed by atoms with Gasteiger partial charge in [-0.05, 0) is 36.8 Å². The van der Waals surface area contributed by atoms with Gasteiger partial charge in [-0.1, -0.05) is 30.3 Å². The van der Waals surface area contributed by atoms with Crippen molar-refractivity contribution in [3.63, 3.8) is 0 Å². The average molecular weight is 413 g/mol. The second kappa shape index (κ2) is 11.4. The van der Waals surface area contributed by atoms with Gasteiger partial charge in [0.2, 0.25) is 0 Å². The Bertz CT molecular complexity index is 878. The van der Waals surface area contributed by atoms with Gasteiger partial charge in [-0.25, -0.2) is 9.59 Å². The molecule has 1 atom stereocenters. The molecule has 0 bridgehead atoms. The molecule has 2 aromatic rings. The molecule has 0 heterocycles. The summed E-state index contributed by atoms with van der Waals surface area (Å²) in [6, 6.07) is 14.5. The van der Waals surface area contributed by atoms with Crippen molar-refractivity contribution in [2.45, 2.75) is 19.4 Å². The highest BCUT2D eigenvalue weighted by Gasteiger charge is 2.22. The molecule has 1 N–H and O–H groups in total. The van der Waals surface area contributed by atoms with Crippen LogP contribution in [-0.2, 0) is 30.3 Å². The molecular weight excluding hydrogens is 390 g/mol. The van der Waals surface area contributed by atoms with Gasteiger partial charge < -0.3 is 19.5 Å². The van der Waals surface area contributed by atoms with Gasteiger partial charge in [-0.15, -0.1) is 0 Å². The van der Waals surface area contributed by atoms with Crippen LogP contribution in [0.15, 0.2) is 54.6 Å². The molecule has 1 amide bonds. The number of carbonyl (C=O) groups is 4. The van der Waals surface area contributed by atoms with E-state index in [1.165, 1.54) is 14.0 Å². The lowest BCUT2D eigenvalue weighted by Crippen LogP contribution is -2.44. The third kappa shape index (κ3) is 7.38.